The molecule has 3 amide bonds. The number of fused-ring (bicyclic) bond motifs is 1. The summed E-state index contributed by atoms with van der Waals surface area (Å²) in [6.07, 6.45) is -1.22. The predicted molar refractivity (Wildman–Crippen MR) is 153 cm³/mol. The number of carbonyl (C=O) groups is 4. The molecule has 2 saturated heterocycles. The normalized spacial score (nSPS) is 20.6. The maximum Gasteiger partial charge on any atom is 0.417 e. The number of amides is 3. The average molecular weight is 661 g/mol. The van der Waals surface area contributed by atoms with Crippen LogP contribution in [0.1, 0.15) is 19.4 Å². The van der Waals surface area contributed by atoms with Crippen LogP contribution < -0.4 is 4.74 Å². The van der Waals surface area contributed by atoms with E-state index in [9.17, 15) is 29.3 Å². The van der Waals surface area contributed by atoms with Crippen molar-refractivity contribution < 1.29 is 38.3 Å². The summed E-state index contributed by atoms with van der Waals surface area (Å²) < 4.78 is 13.1. The molecule has 2 fully saturated rings. The fraction of sp³-hybridized carbons (Fsp3) is 0.385. The Kier molecular flexibility index (Phi) is 9.46. The van der Waals surface area contributed by atoms with Gasteiger partial charge in [-0.2, -0.15) is 0 Å². The quantitative estimate of drug-likeness (QED) is 0.124. The lowest BCUT2D eigenvalue weighted by Crippen LogP contribution is -2.72. The summed E-state index contributed by atoms with van der Waals surface area (Å²) in [6, 6.07) is 11.5. The van der Waals surface area contributed by atoms with E-state index in [1.54, 1.807) is 44.2 Å². The minimum atomic E-state index is -1.97. The molecule has 0 N–H and O–H groups in total. The first kappa shape index (κ1) is 31.7. The van der Waals surface area contributed by atoms with Crippen LogP contribution in [0.3, 0.4) is 0 Å². The van der Waals surface area contributed by atoms with Crippen molar-refractivity contribution in [3.05, 3.63) is 70.3 Å². The monoisotopic (exact) mass is 659 g/mol. The maximum absolute atomic E-state index is 13.5. The third kappa shape index (κ3) is 7.02. The summed E-state index contributed by atoms with van der Waals surface area (Å²) >= 11 is 18.3. The van der Waals surface area contributed by atoms with Crippen LogP contribution in [0.2, 0.25) is 0 Å². The standard InChI is InChI=1S/C26H24Cl3N3O9S/c1-25(2)20(23(35)40-12-15-8-10-16(11-9-15)32(37)38)31-21(34)19(22(31)42-25)30(24(36)41-14-26(27,28)29)18(33)13-39-17-6-4-3-5-7-17/h3-11,19-20,22H,12-14H2,1-2H3/t19?,20?,22-/m1/s1. The summed E-state index contributed by atoms with van der Waals surface area (Å²) in [5.41, 5.74) is 0.396. The second kappa shape index (κ2) is 12.5. The molecule has 0 aromatic heterocycles. The van der Waals surface area contributed by atoms with E-state index >= 15 is 0 Å². The van der Waals surface area contributed by atoms with Crippen LogP contribution in [-0.4, -0.2) is 77.8 Å². The van der Waals surface area contributed by atoms with Crippen LogP contribution in [0.15, 0.2) is 54.6 Å². The van der Waals surface area contributed by atoms with Crippen LogP contribution in [0.25, 0.3) is 0 Å². The molecule has 2 heterocycles. The van der Waals surface area contributed by atoms with Gasteiger partial charge < -0.3 is 19.1 Å². The van der Waals surface area contributed by atoms with Gasteiger partial charge in [0.2, 0.25) is 3.79 Å². The van der Waals surface area contributed by atoms with Crippen molar-refractivity contribution in [2.75, 3.05) is 13.2 Å². The van der Waals surface area contributed by atoms with E-state index in [1.807, 2.05) is 0 Å². The maximum atomic E-state index is 13.5. The Morgan fingerprint density at radius 3 is 2.31 bits per heavy atom. The van der Waals surface area contributed by atoms with E-state index in [-0.39, 0.29) is 12.3 Å². The number of halogens is 3. The molecular formula is C26H24Cl3N3O9S. The van der Waals surface area contributed by atoms with E-state index in [0.717, 1.165) is 0 Å². The van der Waals surface area contributed by atoms with Gasteiger partial charge in [-0.1, -0.05) is 53.0 Å². The minimum Gasteiger partial charge on any atom is -0.484 e. The molecule has 12 nitrogen and oxygen atoms in total. The van der Waals surface area contributed by atoms with Crippen LogP contribution >= 0.6 is 46.6 Å². The van der Waals surface area contributed by atoms with Crippen LogP contribution in [-0.2, 0) is 30.5 Å². The third-order valence-electron chi connectivity index (χ3n) is 6.37. The van der Waals surface area contributed by atoms with E-state index in [2.05, 4.69) is 0 Å². The number of nitro benzene ring substituents is 1. The molecule has 3 atom stereocenters. The number of thioether (sulfide) groups is 1. The molecule has 2 aromatic carbocycles. The molecule has 2 unspecified atom stereocenters. The summed E-state index contributed by atoms with van der Waals surface area (Å²) in [5, 5.41) is 10.1. The lowest BCUT2D eigenvalue weighted by molar-refractivity contribution is -0.384. The lowest BCUT2D eigenvalue weighted by atomic mass is 9.95. The molecular weight excluding hydrogens is 637 g/mol. The number of rotatable bonds is 9. The molecule has 0 aliphatic carbocycles. The van der Waals surface area contributed by atoms with E-state index in [0.29, 0.717) is 16.2 Å². The third-order valence-corrected chi connectivity index (χ3v) is 8.26. The molecule has 0 radical (unpaired) electrons. The molecule has 42 heavy (non-hydrogen) atoms. The molecule has 0 spiro atoms. The van der Waals surface area contributed by atoms with Crippen LogP contribution in [0.5, 0.6) is 5.75 Å². The molecule has 2 aliphatic heterocycles. The number of alkyl halides is 3. The van der Waals surface area contributed by atoms with Crippen molar-refractivity contribution in [1.82, 2.24) is 9.80 Å². The first-order valence-corrected chi connectivity index (χ1v) is 14.3. The van der Waals surface area contributed by atoms with Gasteiger partial charge in [-0.25, -0.2) is 14.5 Å². The number of imide groups is 1. The fourth-order valence-corrected chi connectivity index (χ4v) is 6.30. The molecule has 0 saturated carbocycles. The first-order valence-electron chi connectivity index (χ1n) is 12.3. The van der Waals surface area contributed by atoms with E-state index < -0.39 is 68.0 Å². The largest absolute Gasteiger partial charge is 0.484 e. The van der Waals surface area contributed by atoms with Gasteiger partial charge in [0, 0.05) is 16.9 Å². The van der Waals surface area contributed by atoms with Gasteiger partial charge in [-0.3, -0.25) is 19.7 Å². The number of hydrogen-bond acceptors (Lipinski definition) is 10. The molecule has 16 heteroatoms. The van der Waals surface area contributed by atoms with E-state index in [1.165, 1.54) is 40.9 Å². The second-order valence-corrected chi connectivity index (χ2v) is 14.1. The number of carbonyl (C=O) groups excluding carboxylic acids is 4. The average Bonchev–Trinajstić information content (AvgIpc) is 3.19. The summed E-state index contributed by atoms with van der Waals surface area (Å²) in [7, 11) is 0. The number of non-ortho nitro benzene ring substituents is 1. The van der Waals surface area contributed by atoms with Gasteiger partial charge in [0.15, 0.2) is 12.6 Å². The first-order chi connectivity index (χ1) is 19.7. The molecule has 2 aliphatic rings. The van der Waals surface area contributed by atoms with Crippen molar-refractivity contribution in [1.29, 1.82) is 0 Å². The van der Waals surface area contributed by atoms with Crippen molar-refractivity contribution in [2.45, 2.75) is 46.5 Å². The minimum absolute atomic E-state index is 0.112. The number of nitrogens with zero attached hydrogens (tertiary/aromatic N) is 3. The van der Waals surface area contributed by atoms with Gasteiger partial charge in [0.25, 0.3) is 17.5 Å². The Morgan fingerprint density at radius 2 is 1.71 bits per heavy atom. The van der Waals surface area contributed by atoms with Gasteiger partial charge in [0.1, 0.15) is 30.4 Å². The van der Waals surface area contributed by atoms with Gasteiger partial charge in [0.05, 0.1) is 4.92 Å². The molecule has 2 aromatic rings. The van der Waals surface area contributed by atoms with E-state index in [4.69, 9.17) is 49.0 Å². The number of para-hydroxylation sites is 1. The Hall–Kier alpha value is -3.26. The Labute approximate surface area is 259 Å². The fourth-order valence-electron chi connectivity index (χ4n) is 4.47. The number of nitro groups is 1. The van der Waals surface area contributed by atoms with Gasteiger partial charge in [-0.05, 0) is 43.7 Å². The number of hydrogen-bond donors (Lipinski definition) is 0. The highest BCUT2D eigenvalue weighted by Gasteiger charge is 2.67. The van der Waals surface area contributed by atoms with Crippen LogP contribution in [0, 0.1) is 10.1 Å². The molecule has 0 bridgehead atoms. The molecule has 224 valence electrons. The predicted octanol–water partition coefficient (Wildman–Crippen LogP) is 4.48. The Morgan fingerprint density at radius 1 is 1.07 bits per heavy atom. The zero-order chi connectivity index (χ0) is 30.8. The Bertz CT molecular complexity index is 1370. The van der Waals surface area contributed by atoms with Crippen molar-refractivity contribution in [2.24, 2.45) is 0 Å². The zero-order valence-electron chi connectivity index (χ0n) is 22.1. The highest BCUT2D eigenvalue weighted by Crippen LogP contribution is 2.52. The number of benzene rings is 2. The number of esters is 1. The SMILES string of the molecule is CC1(C)S[C@@H]2C(N(C(=O)COc3ccccc3)C(=O)OCC(Cl)(Cl)Cl)C(=O)N2C1C(=O)OCc1ccc([N+](=O)[O-])cc1. The molecule has 4 rings (SSSR count). The number of ether oxygens (including phenoxy) is 3. The summed E-state index contributed by atoms with van der Waals surface area (Å²) in [5.74, 6) is -1.93. The van der Waals surface area contributed by atoms with Crippen molar-refractivity contribution in [3.63, 3.8) is 0 Å². The second-order valence-electron chi connectivity index (χ2n) is 9.77. The Balaban J connectivity index is 1.49. The van der Waals surface area contributed by atoms with Crippen molar-refractivity contribution in [3.8, 4) is 5.75 Å². The zero-order valence-corrected chi connectivity index (χ0v) is 25.2. The van der Waals surface area contributed by atoms with Crippen LogP contribution in [0.4, 0.5) is 10.5 Å². The number of β-lactam (4-membered cyclic amide) rings is 1. The highest BCUT2D eigenvalue weighted by atomic mass is 35.6. The summed E-state index contributed by atoms with van der Waals surface area (Å²) in [4.78, 5) is 65.2. The van der Waals surface area contributed by atoms with Crippen molar-refractivity contribution >= 4 is 76.1 Å². The van der Waals surface area contributed by atoms with Gasteiger partial charge >= 0.3 is 12.1 Å². The lowest BCUT2D eigenvalue weighted by Gasteiger charge is -2.47. The smallest absolute Gasteiger partial charge is 0.417 e. The highest BCUT2D eigenvalue weighted by molar-refractivity contribution is 8.01. The summed E-state index contributed by atoms with van der Waals surface area (Å²) in [6.45, 7) is 1.98. The topological polar surface area (TPSA) is 146 Å². The van der Waals surface area contributed by atoms with Gasteiger partial charge in [-0.15, -0.1) is 11.8 Å².